The molecule has 0 aliphatic heterocycles. The Labute approximate surface area is 121 Å². The zero-order valence-electron chi connectivity index (χ0n) is 12.6. The fraction of sp³-hybridized carbons (Fsp3) is 0.471. The number of carbonyl (C=O) groups excluding carboxylic acids is 1. The Bertz CT molecular complexity index is 509. The number of allylic oxidation sites excluding steroid dienone is 2. The summed E-state index contributed by atoms with van der Waals surface area (Å²) >= 11 is 0. The van der Waals surface area contributed by atoms with Gasteiger partial charge in [0, 0.05) is 5.69 Å². The van der Waals surface area contributed by atoms with Crippen LogP contribution in [0.1, 0.15) is 45.6 Å². The van der Waals surface area contributed by atoms with Gasteiger partial charge in [0.25, 0.3) is 0 Å². The number of amides is 2. The highest BCUT2D eigenvalue weighted by Gasteiger charge is 2.26. The van der Waals surface area contributed by atoms with Crippen molar-refractivity contribution in [2.24, 2.45) is 17.1 Å². The molecular weight excluding hydrogens is 248 g/mol. The molecular formula is C17H24N2O. The van der Waals surface area contributed by atoms with Crippen LogP contribution < -0.4 is 11.1 Å². The van der Waals surface area contributed by atoms with Gasteiger partial charge < -0.3 is 11.1 Å². The van der Waals surface area contributed by atoms with E-state index in [1.165, 1.54) is 17.6 Å². The average molecular weight is 272 g/mol. The van der Waals surface area contributed by atoms with Crippen LogP contribution in [-0.4, -0.2) is 6.03 Å². The minimum atomic E-state index is -0.525. The zero-order chi connectivity index (χ0) is 14.8. The van der Waals surface area contributed by atoms with Gasteiger partial charge in [-0.3, -0.25) is 0 Å². The first kappa shape index (κ1) is 14.6. The van der Waals surface area contributed by atoms with E-state index in [2.05, 4.69) is 44.3 Å². The molecule has 0 saturated carbocycles. The third-order valence-corrected chi connectivity index (χ3v) is 4.16. The zero-order valence-corrected chi connectivity index (χ0v) is 12.6. The molecule has 2 rings (SSSR count). The molecule has 0 aromatic heterocycles. The van der Waals surface area contributed by atoms with Crippen LogP contribution in [0.2, 0.25) is 0 Å². The van der Waals surface area contributed by atoms with Gasteiger partial charge in [0.15, 0.2) is 0 Å². The van der Waals surface area contributed by atoms with Crippen molar-refractivity contribution < 1.29 is 4.79 Å². The molecule has 1 aromatic rings. The smallest absolute Gasteiger partial charge is 0.316 e. The molecule has 0 radical (unpaired) electrons. The summed E-state index contributed by atoms with van der Waals surface area (Å²) in [5.74, 6) is 0.766. The number of primary amides is 1. The predicted octanol–water partition coefficient (Wildman–Crippen LogP) is 4.41. The number of nitrogens with two attached hydrogens (primary N) is 1. The molecule has 2 amide bonds. The van der Waals surface area contributed by atoms with E-state index in [1.54, 1.807) is 0 Å². The Kier molecular flexibility index (Phi) is 4.17. The molecule has 3 heteroatoms. The second-order valence-electron chi connectivity index (χ2n) is 6.63. The second-order valence-corrected chi connectivity index (χ2v) is 6.63. The van der Waals surface area contributed by atoms with E-state index < -0.39 is 6.03 Å². The Hall–Kier alpha value is -1.77. The largest absolute Gasteiger partial charge is 0.351 e. The Balaban J connectivity index is 2.06. The first-order valence-electron chi connectivity index (χ1n) is 7.22. The van der Waals surface area contributed by atoms with Gasteiger partial charge in [0.1, 0.15) is 0 Å². The maximum absolute atomic E-state index is 10.8. The number of anilines is 1. The quantitative estimate of drug-likeness (QED) is 0.823. The molecule has 0 heterocycles. The maximum Gasteiger partial charge on any atom is 0.316 e. The molecule has 3 N–H and O–H groups in total. The monoisotopic (exact) mass is 272 g/mol. The highest BCUT2D eigenvalue weighted by Crippen LogP contribution is 2.39. The third-order valence-electron chi connectivity index (χ3n) is 4.16. The Morgan fingerprint density at radius 2 is 1.90 bits per heavy atom. The molecule has 0 fully saturated rings. The van der Waals surface area contributed by atoms with Gasteiger partial charge in [0.2, 0.25) is 0 Å². The third kappa shape index (κ3) is 3.62. The fourth-order valence-electron chi connectivity index (χ4n) is 2.79. The number of rotatable bonds is 2. The van der Waals surface area contributed by atoms with E-state index in [4.69, 9.17) is 5.73 Å². The SMILES string of the molecule is CC(C)(C)C1CC=C(c2ccc(NC(N)=O)cc2)CC1. The Morgan fingerprint density at radius 3 is 2.35 bits per heavy atom. The lowest BCUT2D eigenvalue weighted by molar-refractivity contribution is 0.225. The fourth-order valence-corrected chi connectivity index (χ4v) is 2.79. The highest BCUT2D eigenvalue weighted by atomic mass is 16.2. The molecule has 3 nitrogen and oxygen atoms in total. The van der Waals surface area contributed by atoms with E-state index >= 15 is 0 Å². The van der Waals surface area contributed by atoms with Crippen molar-refractivity contribution in [2.75, 3.05) is 5.32 Å². The number of benzene rings is 1. The van der Waals surface area contributed by atoms with Crippen molar-refractivity contribution in [3.63, 3.8) is 0 Å². The summed E-state index contributed by atoms with van der Waals surface area (Å²) in [6, 6.07) is 7.37. The topological polar surface area (TPSA) is 55.1 Å². The van der Waals surface area contributed by atoms with Crippen molar-refractivity contribution in [1.82, 2.24) is 0 Å². The molecule has 0 bridgehead atoms. The molecule has 1 atom stereocenters. The lowest BCUT2D eigenvalue weighted by Gasteiger charge is -2.33. The van der Waals surface area contributed by atoms with Gasteiger partial charge in [0.05, 0.1) is 0 Å². The summed E-state index contributed by atoms with van der Waals surface area (Å²) in [4.78, 5) is 10.8. The van der Waals surface area contributed by atoms with Crippen LogP contribution in [0.15, 0.2) is 30.3 Å². The first-order chi connectivity index (χ1) is 9.36. The lowest BCUT2D eigenvalue weighted by Crippen LogP contribution is -2.22. The van der Waals surface area contributed by atoms with Crippen molar-refractivity contribution in [1.29, 1.82) is 0 Å². The minimum Gasteiger partial charge on any atom is -0.351 e. The van der Waals surface area contributed by atoms with Gasteiger partial charge in [-0.1, -0.05) is 39.0 Å². The van der Waals surface area contributed by atoms with E-state index in [1.807, 2.05) is 12.1 Å². The standard InChI is InChI=1S/C17H24N2O/c1-17(2,3)14-8-4-12(5-9-14)13-6-10-15(11-7-13)19-16(18)20/h4,6-7,10-11,14H,5,8-9H2,1-3H3,(H3,18,19,20). The average Bonchev–Trinajstić information content (AvgIpc) is 2.38. The van der Waals surface area contributed by atoms with Gasteiger partial charge in [-0.15, -0.1) is 0 Å². The Morgan fingerprint density at radius 1 is 1.25 bits per heavy atom. The van der Waals surface area contributed by atoms with Gasteiger partial charge >= 0.3 is 6.03 Å². The maximum atomic E-state index is 10.8. The first-order valence-corrected chi connectivity index (χ1v) is 7.22. The number of hydrogen-bond acceptors (Lipinski definition) is 1. The summed E-state index contributed by atoms with van der Waals surface area (Å²) in [5, 5.41) is 2.58. The van der Waals surface area contributed by atoms with E-state index in [0.717, 1.165) is 24.4 Å². The summed E-state index contributed by atoms with van der Waals surface area (Å²) in [5.41, 5.74) is 8.88. The van der Waals surface area contributed by atoms with Gasteiger partial charge in [-0.05, 0) is 53.9 Å². The number of urea groups is 1. The lowest BCUT2D eigenvalue weighted by atomic mass is 9.72. The van der Waals surface area contributed by atoms with Crippen molar-refractivity contribution in [3.05, 3.63) is 35.9 Å². The summed E-state index contributed by atoms with van der Waals surface area (Å²) in [6.07, 6.45) is 5.90. The second kappa shape index (κ2) is 5.70. The van der Waals surface area contributed by atoms with E-state index in [-0.39, 0.29) is 0 Å². The van der Waals surface area contributed by atoms with Crippen LogP contribution in [0.4, 0.5) is 10.5 Å². The minimum absolute atomic E-state index is 0.386. The normalized spacial score (nSPS) is 19.4. The van der Waals surface area contributed by atoms with Crippen LogP contribution in [0.3, 0.4) is 0 Å². The van der Waals surface area contributed by atoms with Gasteiger partial charge in [-0.25, -0.2) is 4.79 Å². The molecule has 0 spiro atoms. The van der Waals surface area contributed by atoms with Crippen molar-refractivity contribution >= 4 is 17.3 Å². The van der Waals surface area contributed by atoms with E-state index in [0.29, 0.717) is 5.41 Å². The molecule has 108 valence electrons. The van der Waals surface area contributed by atoms with Crippen LogP contribution in [0, 0.1) is 11.3 Å². The molecule has 1 aliphatic carbocycles. The molecule has 20 heavy (non-hydrogen) atoms. The summed E-state index contributed by atoms with van der Waals surface area (Å²) in [7, 11) is 0. The van der Waals surface area contributed by atoms with Crippen LogP contribution >= 0.6 is 0 Å². The van der Waals surface area contributed by atoms with Crippen LogP contribution in [0.25, 0.3) is 5.57 Å². The van der Waals surface area contributed by atoms with Gasteiger partial charge in [-0.2, -0.15) is 0 Å². The molecule has 1 unspecified atom stereocenters. The number of carbonyl (C=O) groups is 1. The molecule has 1 aliphatic rings. The molecule has 0 saturated heterocycles. The summed E-state index contributed by atoms with van der Waals surface area (Å²) in [6.45, 7) is 6.96. The van der Waals surface area contributed by atoms with Crippen LogP contribution in [0.5, 0.6) is 0 Å². The molecule has 1 aromatic carbocycles. The summed E-state index contributed by atoms with van der Waals surface area (Å²) < 4.78 is 0. The highest BCUT2D eigenvalue weighted by molar-refractivity contribution is 5.88. The van der Waals surface area contributed by atoms with Crippen molar-refractivity contribution in [3.8, 4) is 0 Å². The van der Waals surface area contributed by atoms with E-state index in [9.17, 15) is 4.79 Å². The van der Waals surface area contributed by atoms with Crippen LogP contribution in [-0.2, 0) is 0 Å². The number of nitrogens with one attached hydrogen (secondary N) is 1. The number of hydrogen-bond donors (Lipinski definition) is 2. The predicted molar refractivity (Wildman–Crippen MR) is 84.4 cm³/mol. The van der Waals surface area contributed by atoms with Crippen molar-refractivity contribution in [2.45, 2.75) is 40.0 Å².